The molecule has 0 N–H and O–H groups in total. The largest absolute Gasteiger partial charge is 0.293 e. The van der Waals surface area contributed by atoms with Gasteiger partial charge in [0.2, 0.25) is 0 Å². The van der Waals surface area contributed by atoms with Crippen LogP contribution >= 0.6 is 0 Å². The van der Waals surface area contributed by atoms with Crippen LogP contribution in [-0.4, -0.2) is 19.6 Å². The van der Waals surface area contributed by atoms with Gasteiger partial charge in [-0.15, -0.1) is 5.54 Å². The molecule has 3 aliphatic carbocycles. The van der Waals surface area contributed by atoms with E-state index in [1.807, 2.05) is 20.8 Å². The molecule has 0 aromatic heterocycles. The predicted molar refractivity (Wildman–Crippen MR) is 128 cm³/mol. The van der Waals surface area contributed by atoms with E-state index in [4.69, 9.17) is 0 Å². The Morgan fingerprint density at radius 1 is 1.03 bits per heavy atom. The fourth-order valence-electron chi connectivity index (χ4n) is 5.39. The topological polar surface area (TPSA) is 81.7 Å². The van der Waals surface area contributed by atoms with Crippen molar-refractivity contribution in [3.8, 4) is 23.6 Å². The van der Waals surface area contributed by atoms with Gasteiger partial charge in [-0.3, -0.25) is 9.59 Å². The summed E-state index contributed by atoms with van der Waals surface area (Å²) in [6, 6.07) is 4.14. The summed E-state index contributed by atoms with van der Waals surface area (Å²) in [6.45, 7) is 16.9. The first-order valence-electron chi connectivity index (χ1n) is 11.2. The highest BCUT2D eigenvalue weighted by Crippen LogP contribution is 2.63. The van der Waals surface area contributed by atoms with Crippen molar-refractivity contribution in [2.24, 2.45) is 22.2 Å². The van der Waals surface area contributed by atoms with Gasteiger partial charge in [0.15, 0.2) is 11.6 Å². The Kier molecular flexibility index (Phi) is 5.36. The molecule has 0 spiro atoms. The third kappa shape index (κ3) is 3.34. The number of Topliss-reactive ketones (excluding diaryl/α,β-unsaturated/α-hetero) is 1. The van der Waals surface area contributed by atoms with E-state index in [0.29, 0.717) is 6.42 Å². The highest BCUT2D eigenvalue weighted by atomic mass is 28.3. The minimum Gasteiger partial charge on any atom is -0.293 e. The number of fused-ring (bicyclic) bond motifs is 3. The minimum atomic E-state index is -1.95. The molecule has 3 rings (SSSR count). The summed E-state index contributed by atoms with van der Waals surface area (Å²) in [5, 5.41) is 19.4. The van der Waals surface area contributed by atoms with Crippen LogP contribution in [0, 0.1) is 56.3 Å². The smallest absolute Gasteiger partial charge is 0.196 e. The normalized spacial score (nSPS) is 31.4. The molecule has 0 aromatic rings. The number of carbonyl (C=O) groups excluding carboxylic acids is 2. The second-order valence-corrected chi connectivity index (χ2v) is 16.8. The number of rotatable bonds is 0. The second-order valence-electron chi connectivity index (χ2n) is 11.8. The van der Waals surface area contributed by atoms with E-state index in [9.17, 15) is 20.1 Å². The molecule has 0 bridgehead atoms. The molecule has 4 nitrogen and oxygen atoms in total. The minimum absolute atomic E-state index is 0.0570. The average molecular weight is 445 g/mol. The standard InChI is InChI=1S/C27H32N2O2Si/c1-24(2,3)32(7,8)12-11-27-10-9-21-25(4,5)23(31)19(17-29)14-26(21,6)22(27)13-20(30)18(15-27)16-28/h13-15,21H,9-10H2,1-8H3. The van der Waals surface area contributed by atoms with Gasteiger partial charge in [-0.2, -0.15) is 10.5 Å². The van der Waals surface area contributed by atoms with Crippen LogP contribution < -0.4 is 0 Å². The Balaban J connectivity index is 2.31. The molecule has 0 aromatic carbocycles. The maximum atomic E-state index is 13.0. The predicted octanol–water partition coefficient (Wildman–Crippen LogP) is 5.46. The lowest BCUT2D eigenvalue weighted by Crippen LogP contribution is -2.53. The molecule has 0 saturated heterocycles. The molecule has 1 saturated carbocycles. The van der Waals surface area contributed by atoms with E-state index in [0.717, 1.165) is 12.0 Å². The summed E-state index contributed by atoms with van der Waals surface area (Å²) in [6.07, 6.45) is 6.46. The molecule has 0 aliphatic heterocycles. The summed E-state index contributed by atoms with van der Waals surface area (Å²) in [5.74, 6) is 3.04. The molecule has 166 valence electrons. The quantitative estimate of drug-likeness (QED) is 0.367. The molecule has 0 amide bonds. The van der Waals surface area contributed by atoms with Gasteiger partial charge in [-0.25, -0.2) is 0 Å². The highest BCUT2D eigenvalue weighted by Gasteiger charge is 2.59. The maximum Gasteiger partial charge on any atom is 0.196 e. The van der Waals surface area contributed by atoms with E-state index in [1.165, 1.54) is 0 Å². The van der Waals surface area contributed by atoms with Crippen molar-refractivity contribution in [2.45, 2.75) is 72.5 Å². The van der Waals surface area contributed by atoms with Crippen LogP contribution in [0.3, 0.4) is 0 Å². The molecule has 3 aliphatic rings. The third-order valence-electron chi connectivity index (χ3n) is 8.40. The lowest BCUT2D eigenvalue weighted by atomic mass is 9.45. The van der Waals surface area contributed by atoms with Crippen molar-refractivity contribution in [1.82, 2.24) is 0 Å². The Morgan fingerprint density at radius 2 is 1.62 bits per heavy atom. The van der Waals surface area contributed by atoms with Gasteiger partial charge in [0, 0.05) is 10.8 Å². The van der Waals surface area contributed by atoms with Gasteiger partial charge in [0.25, 0.3) is 0 Å². The zero-order valence-electron chi connectivity index (χ0n) is 20.4. The van der Waals surface area contributed by atoms with Crippen LogP contribution in [-0.2, 0) is 9.59 Å². The average Bonchev–Trinajstić information content (AvgIpc) is 2.69. The van der Waals surface area contributed by atoms with Crippen LogP contribution in [0.5, 0.6) is 0 Å². The van der Waals surface area contributed by atoms with E-state index in [2.05, 4.69) is 57.5 Å². The molecule has 3 unspecified atom stereocenters. The number of allylic oxidation sites excluding steroid dienone is 6. The molecule has 32 heavy (non-hydrogen) atoms. The maximum absolute atomic E-state index is 13.0. The van der Waals surface area contributed by atoms with Crippen molar-refractivity contribution in [3.63, 3.8) is 0 Å². The molecule has 0 heterocycles. The van der Waals surface area contributed by atoms with Gasteiger partial charge in [-0.05, 0) is 41.5 Å². The number of carbonyl (C=O) groups is 2. The molecule has 5 heteroatoms. The van der Waals surface area contributed by atoms with E-state index < -0.39 is 24.3 Å². The highest BCUT2D eigenvalue weighted by molar-refractivity contribution is 6.87. The summed E-state index contributed by atoms with van der Waals surface area (Å²) in [5.41, 5.74) is 2.57. The fraction of sp³-hybridized carbons (Fsp3) is 0.556. The lowest BCUT2D eigenvalue weighted by molar-refractivity contribution is -0.130. The van der Waals surface area contributed by atoms with Crippen molar-refractivity contribution in [2.75, 3.05) is 0 Å². The van der Waals surface area contributed by atoms with Gasteiger partial charge in [0.1, 0.15) is 20.2 Å². The first-order chi connectivity index (χ1) is 14.6. The molecule has 0 radical (unpaired) electrons. The first kappa shape index (κ1) is 24.0. The second kappa shape index (κ2) is 7.16. The lowest BCUT2D eigenvalue weighted by Gasteiger charge is -2.56. The van der Waals surface area contributed by atoms with Crippen LogP contribution in [0.25, 0.3) is 0 Å². The van der Waals surface area contributed by atoms with Gasteiger partial charge in [-0.1, -0.05) is 66.6 Å². The number of nitriles is 2. The Hall–Kier alpha value is -2.68. The number of ketones is 2. The van der Waals surface area contributed by atoms with Crippen LogP contribution in [0.4, 0.5) is 0 Å². The third-order valence-corrected chi connectivity index (χ3v) is 12.9. The Labute approximate surface area is 193 Å². The van der Waals surface area contributed by atoms with Crippen LogP contribution in [0.15, 0.2) is 34.9 Å². The van der Waals surface area contributed by atoms with Gasteiger partial charge < -0.3 is 0 Å². The fourth-order valence-corrected chi connectivity index (χ4v) is 6.30. The number of nitrogens with zero attached hydrogens (tertiary/aromatic N) is 2. The molecular weight excluding hydrogens is 412 g/mol. The molecule has 3 atom stereocenters. The Morgan fingerprint density at radius 3 is 2.16 bits per heavy atom. The van der Waals surface area contributed by atoms with E-state index in [1.54, 1.807) is 18.2 Å². The Bertz CT molecular complexity index is 1150. The summed E-state index contributed by atoms with van der Waals surface area (Å²) in [4.78, 5) is 25.8. The van der Waals surface area contributed by atoms with Crippen molar-refractivity contribution < 1.29 is 9.59 Å². The van der Waals surface area contributed by atoms with Crippen LogP contribution in [0.1, 0.15) is 54.4 Å². The molecule has 1 fully saturated rings. The zero-order chi connectivity index (χ0) is 24.3. The van der Waals surface area contributed by atoms with Crippen molar-refractivity contribution in [3.05, 3.63) is 34.9 Å². The summed E-state index contributed by atoms with van der Waals surface area (Å²) < 4.78 is 0. The molecular formula is C27H32N2O2Si. The summed E-state index contributed by atoms with van der Waals surface area (Å²) in [7, 11) is -1.95. The van der Waals surface area contributed by atoms with E-state index >= 15 is 0 Å². The van der Waals surface area contributed by atoms with Crippen molar-refractivity contribution in [1.29, 1.82) is 10.5 Å². The monoisotopic (exact) mass is 444 g/mol. The number of hydrogen-bond donors (Lipinski definition) is 0. The first-order valence-corrected chi connectivity index (χ1v) is 14.2. The van der Waals surface area contributed by atoms with Crippen LogP contribution in [0.2, 0.25) is 18.1 Å². The van der Waals surface area contributed by atoms with E-state index in [-0.39, 0.29) is 33.7 Å². The van der Waals surface area contributed by atoms with Gasteiger partial charge >= 0.3 is 0 Å². The number of hydrogen-bond acceptors (Lipinski definition) is 4. The SMILES string of the molecule is CC1(C)C(=O)C(C#N)=CC2(C)C3=CC(=O)C(C#N)=CC3(C#C[Si](C)(C)C(C)(C)C)CCC12. The van der Waals surface area contributed by atoms with Gasteiger partial charge in [0.05, 0.1) is 16.6 Å². The summed E-state index contributed by atoms with van der Waals surface area (Å²) >= 11 is 0. The zero-order valence-corrected chi connectivity index (χ0v) is 21.4. The van der Waals surface area contributed by atoms with Crippen molar-refractivity contribution >= 4 is 19.6 Å².